The van der Waals surface area contributed by atoms with Gasteiger partial charge in [-0.15, -0.1) is 0 Å². The van der Waals surface area contributed by atoms with Gasteiger partial charge in [0.1, 0.15) is 0 Å². The van der Waals surface area contributed by atoms with E-state index < -0.39 is 20.4 Å². The Kier molecular flexibility index (Phi) is 6.19. The van der Waals surface area contributed by atoms with Crippen molar-refractivity contribution < 1.29 is 8.78 Å². The molecule has 0 aliphatic carbocycles. The minimum absolute atomic E-state index is 0.518. The largest absolute Gasteiger partial charge is 0.204 e. The van der Waals surface area contributed by atoms with Gasteiger partial charge in [0.15, 0.2) is 11.6 Å². The summed E-state index contributed by atoms with van der Waals surface area (Å²) < 4.78 is 26.5. The second-order valence-corrected chi connectivity index (χ2v) is 10.6. The third-order valence-electron chi connectivity index (χ3n) is 5.46. The van der Waals surface area contributed by atoms with E-state index >= 15 is 0 Å². The van der Waals surface area contributed by atoms with E-state index in [0.29, 0.717) is 5.92 Å². The fourth-order valence-corrected chi connectivity index (χ4v) is 7.18. The first-order valence-electron chi connectivity index (χ1n) is 9.34. The zero-order valence-corrected chi connectivity index (χ0v) is 16.0. The molecule has 0 nitrogen and oxygen atoms in total. The van der Waals surface area contributed by atoms with Gasteiger partial charge in [-0.25, -0.2) is 8.78 Å². The summed E-state index contributed by atoms with van der Waals surface area (Å²) in [6.45, 7) is 2.10. The highest BCUT2D eigenvalue weighted by Crippen LogP contribution is 2.35. The Morgan fingerprint density at radius 2 is 1.64 bits per heavy atom. The molecule has 2 aromatic carbocycles. The normalized spacial score (nSPS) is 20.9. The molecule has 1 aliphatic heterocycles. The molecule has 0 atom stereocenters. The van der Waals surface area contributed by atoms with E-state index in [1.807, 2.05) is 12.1 Å². The Balaban J connectivity index is 1.60. The van der Waals surface area contributed by atoms with Gasteiger partial charge in [-0.2, -0.15) is 0 Å². The summed E-state index contributed by atoms with van der Waals surface area (Å²) in [5, 5.41) is 0. The summed E-state index contributed by atoms with van der Waals surface area (Å²) in [5.74, 6) is -0.914. The molecule has 0 amide bonds. The highest BCUT2D eigenvalue weighted by molar-refractivity contribution is 6.59. The molecular formula is C22H26F2Si. The van der Waals surface area contributed by atoms with E-state index in [0.717, 1.165) is 11.1 Å². The van der Waals surface area contributed by atoms with Crippen LogP contribution in [0, 0.1) is 11.6 Å². The van der Waals surface area contributed by atoms with Crippen molar-refractivity contribution in [2.75, 3.05) is 0 Å². The Bertz CT molecular complexity index is 713. The van der Waals surface area contributed by atoms with Crippen LogP contribution in [0.5, 0.6) is 0 Å². The van der Waals surface area contributed by atoms with Crippen molar-refractivity contribution in [1.29, 1.82) is 0 Å². The summed E-state index contributed by atoms with van der Waals surface area (Å²) >= 11 is 0. The maximum Gasteiger partial charge on any atom is 0.159 e. The molecule has 3 heteroatoms. The third kappa shape index (κ3) is 4.66. The molecule has 0 N–H and O–H groups in total. The molecule has 1 heterocycles. The predicted molar refractivity (Wildman–Crippen MR) is 105 cm³/mol. The fraction of sp³-hybridized carbons (Fsp3) is 0.364. The van der Waals surface area contributed by atoms with Crippen molar-refractivity contribution in [1.82, 2.24) is 0 Å². The SMILES string of the molecule is CC=CCC[Si@H]1CC[C@H](c2ccc(-c3ccc(F)c(F)c3)cc2)CC1. The van der Waals surface area contributed by atoms with Gasteiger partial charge < -0.3 is 0 Å². The van der Waals surface area contributed by atoms with E-state index in [2.05, 4.69) is 31.2 Å². The van der Waals surface area contributed by atoms with Gasteiger partial charge in [-0.05, 0) is 60.9 Å². The number of allylic oxidation sites excluding steroid dienone is 2. The van der Waals surface area contributed by atoms with Crippen LogP contribution >= 0.6 is 0 Å². The summed E-state index contributed by atoms with van der Waals surface area (Å²) in [4.78, 5) is 0. The van der Waals surface area contributed by atoms with Crippen LogP contribution in [0.15, 0.2) is 54.6 Å². The summed E-state index contributed by atoms with van der Waals surface area (Å²) in [5.41, 5.74) is 3.06. The molecule has 25 heavy (non-hydrogen) atoms. The first-order chi connectivity index (χ1) is 12.2. The molecule has 1 fully saturated rings. The number of benzene rings is 2. The maximum atomic E-state index is 13.4. The molecule has 0 radical (unpaired) electrons. The van der Waals surface area contributed by atoms with Crippen LogP contribution < -0.4 is 0 Å². The van der Waals surface area contributed by atoms with Crippen molar-refractivity contribution in [3.05, 3.63) is 71.8 Å². The van der Waals surface area contributed by atoms with Gasteiger partial charge >= 0.3 is 0 Å². The molecule has 0 saturated carbocycles. The molecular weight excluding hydrogens is 330 g/mol. The van der Waals surface area contributed by atoms with E-state index in [4.69, 9.17) is 0 Å². The number of hydrogen-bond acceptors (Lipinski definition) is 0. The Morgan fingerprint density at radius 1 is 0.960 bits per heavy atom. The minimum atomic E-state index is -0.796. The van der Waals surface area contributed by atoms with Crippen molar-refractivity contribution in [2.24, 2.45) is 0 Å². The monoisotopic (exact) mass is 356 g/mol. The van der Waals surface area contributed by atoms with Crippen LogP contribution in [-0.4, -0.2) is 8.80 Å². The predicted octanol–water partition coefficient (Wildman–Crippen LogP) is 6.70. The van der Waals surface area contributed by atoms with Crippen LogP contribution in [0.25, 0.3) is 11.1 Å². The van der Waals surface area contributed by atoms with Gasteiger partial charge in [0, 0.05) is 8.80 Å². The van der Waals surface area contributed by atoms with Crippen LogP contribution in [0.4, 0.5) is 8.78 Å². The second kappa shape index (κ2) is 8.57. The molecule has 132 valence electrons. The first kappa shape index (κ1) is 18.1. The van der Waals surface area contributed by atoms with E-state index in [1.54, 1.807) is 6.07 Å². The number of hydrogen-bond donors (Lipinski definition) is 0. The zero-order valence-electron chi connectivity index (χ0n) is 14.8. The second-order valence-electron chi connectivity index (χ2n) is 7.11. The van der Waals surface area contributed by atoms with Gasteiger partial charge in [-0.1, -0.05) is 60.6 Å². The topological polar surface area (TPSA) is 0 Å². The highest BCUT2D eigenvalue weighted by atomic mass is 28.3. The maximum absolute atomic E-state index is 13.4. The Morgan fingerprint density at radius 3 is 2.28 bits per heavy atom. The fourth-order valence-electron chi connectivity index (χ4n) is 3.91. The van der Waals surface area contributed by atoms with Crippen LogP contribution in [0.3, 0.4) is 0 Å². The lowest BCUT2D eigenvalue weighted by atomic mass is 9.92. The van der Waals surface area contributed by atoms with Crippen molar-refractivity contribution in [2.45, 2.75) is 50.2 Å². The summed E-state index contributed by atoms with van der Waals surface area (Å²) in [6, 6.07) is 16.9. The van der Waals surface area contributed by atoms with Gasteiger partial charge in [-0.3, -0.25) is 0 Å². The smallest absolute Gasteiger partial charge is 0.159 e. The van der Waals surface area contributed by atoms with Crippen LogP contribution in [-0.2, 0) is 0 Å². The molecule has 0 spiro atoms. The standard InChI is InChI=1S/C22H26F2Si/c1-2-3-4-13-25-14-11-19(12-15-25)17-5-7-18(8-6-17)20-9-10-21(23)22(24)16-20/h2-3,5-10,16,19,25H,4,11-15H2,1H3/t19-,25-. The molecule has 0 aromatic heterocycles. The average molecular weight is 357 g/mol. The van der Waals surface area contributed by atoms with E-state index in [1.165, 1.54) is 55.1 Å². The summed E-state index contributed by atoms with van der Waals surface area (Å²) in [6.07, 6.45) is 8.36. The Hall–Kier alpha value is -1.74. The van der Waals surface area contributed by atoms with Crippen molar-refractivity contribution in [3.63, 3.8) is 0 Å². The minimum Gasteiger partial charge on any atom is -0.204 e. The van der Waals surface area contributed by atoms with Crippen LogP contribution in [0.2, 0.25) is 18.1 Å². The molecule has 2 aromatic rings. The third-order valence-corrected chi connectivity index (χ3v) is 8.91. The molecule has 1 saturated heterocycles. The van der Waals surface area contributed by atoms with Crippen LogP contribution in [0.1, 0.15) is 37.7 Å². The molecule has 0 bridgehead atoms. The van der Waals surface area contributed by atoms with Crippen molar-refractivity contribution >= 4 is 8.80 Å². The summed E-state index contributed by atoms with van der Waals surface area (Å²) in [7, 11) is -0.518. The lowest BCUT2D eigenvalue weighted by molar-refractivity contribution is 0.509. The van der Waals surface area contributed by atoms with E-state index in [-0.39, 0.29) is 0 Å². The van der Waals surface area contributed by atoms with E-state index in [9.17, 15) is 8.78 Å². The lowest BCUT2D eigenvalue weighted by Crippen LogP contribution is -2.20. The molecule has 0 unspecified atom stereocenters. The zero-order chi connectivity index (χ0) is 17.6. The molecule has 1 aliphatic rings. The first-order valence-corrected chi connectivity index (χ1v) is 11.8. The van der Waals surface area contributed by atoms with Crippen molar-refractivity contribution in [3.8, 4) is 11.1 Å². The highest BCUT2D eigenvalue weighted by Gasteiger charge is 2.22. The Labute approximate surface area is 151 Å². The number of rotatable bonds is 5. The quantitative estimate of drug-likeness (QED) is 0.413. The molecule has 3 rings (SSSR count). The number of halogens is 2. The van der Waals surface area contributed by atoms with Gasteiger partial charge in [0.05, 0.1) is 0 Å². The van der Waals surface area contributed by atoms with Gasteiger partial charge in [0.2, 0.25) is 0 Å². The average Bonchev–Trinajstić information content (AvgIpc) is 2.65. The van der Waals surface area contributed by atoms with Gasteiger partial charge in [0.25, 0.3) is 0 Å². The lowest BCUT2D eigenvalue weighted by Gasteiger charge is -2.28.